The third-order valence-electron chi connectivity index (χ3n) is 3.56. The molecule has 1 aromatic rings. The van der Waals surface area contributed by atoms with Gasteiger partial charge in [0.15, 0.2) is 0 Å². The number of halogens is 1. The summed E-state index contributed by atoms with van der Waals surface area (Å²) in [7, 11) is 0. The summed E-state index contributed by atoms with van der Waals surface area (Å²) < 4.78 is 13.8. The lowest BCUT2D eigenvalue weighted by Crippen LogP contribution is -2.03. The van der Waals surface area contributed by atoms with Crippen molar-refractivity contribution in [1.82, 2.24) is 4.98 Å². The van der Waals surface area contributed by atoms with Gasteiger partial charge in [-0.1, -0.05) is 52.4 Å². The molecule has 18 heavy (non-hydrogen) atoms. The van der Waals surface area contributed by atoms with Crippen LogP contribution in [-0.2, 0) is 0 Å². The van der Waals surface area contributed by atoms with Gasteiger partial charge in [-0.15, -0.1) is 0 Å². The van der Waals surface area contributed by atoms with E-state index in [0.717, 1.165) is 18.4 Å². The fourth-order valence-corrected chi connectivity index (χ4v) is 2.45. The molecule has 1 aromatic heterocycles. The van der Waals surface area contributed by atoms with Crippen LogP contribution in [0.15, 0.2) is 18.5 Å². The van der Waals surface area contributed by atoms with Crippen LogP contribution in [0.4, 0.5) is 4.39 Å². The van der Waals surface area contributed by atoms with Gasteiger partial charge in [0.1, 0.15) is 5.82 Å². The molecule has 102 valence electrons. The van der Waals surface area contributed by atoms with Crippen LogP contribution in [0.1, 0.15) is 76.7 Å². The normalized spacial score (nSPS) is 11.1. The van der Waals surface area contributed by atoms with Gasteiger partial charge in [0.25, 0.3) is 0 Å². The largest absolute Gasteiger partial charge is 0.262 e. The molecule has 0 amide bonds. The Bertz CT molecular complexity index is 315. The Hall–Kier alpha value is -0.920. The third-order valence-corrected chi connectivity index (χ3v) is 3.56. The summed E-state index contributed by atoms with van der Waals surface area (Å²) in [6.07, 6.45) is 12.6. The zero-order valence-electron chi connectivity index (χ0n) is 11.8. The van der Waals surface area contributed by atoms with E-state index < -0.39 is 0 Å². The van der Waals surface area contributed by atoms with E-state index in [0.29, 0.717) is 5.92 Å². The second-order valence-corrected chi connectivity index (χ2v) is 5.09. The SMILES string of the molecule is CCCCCC(CCCCC)c1ccncc1F. The van der Waals surface area contributed by atoms with Crippen LogP contribution < -0.4 is 0 Å². The highest BCUT2D eigenvalue weighted by Gasteiger charge is 2.14. The molecule has 0 saturated heterocycles. The molecule has 0 aliphatic heterocycles. The molecule has 1 heterocycles. The fraction of sp³-hybridized carbons (Fsp3) is 0.688. The number of unbranched alkanes of at least 4 members (excludes halogenated alkanes) is 4. The topological polar surface area (TPSA) is 12.9 Å². The van der Waals surface area contributed by atoms with Crippen LogP contribution >= 0.6 is 0 Å². The maximum absolute atomic E-state index is 13.8. The van der Waals surface area contributed by atoms with E-state index in [4.69, 9.17) is 0 Å². The van der Waals surface area contributed by atoms with Crippen molar-refractivity contribution in [2.24, 2.45) is 0 Å². The molecule has 0 aromatic carbocycles. The molecule has 0 aliphatic rings. The minimum Gasteiger partial charge on any atom is -0.262 e. The van der Waals surface area contributed by atoms with Crippen molar-refractivity contribution in [3.63, 3.8) is 0 Å². The molecule has 0 atom stereocenters. The maximum Gasteiger partial charge on any atom is 0.144 e. The number of aromatic nitrogens is 1. The van der Waals surface area contributed by atoms with E-state index in [1.54, 1.807) is 6.20 Å². The summed E-state index contributed by atoms with van der Waals surface area (Å²) in [4.78, 5) is 3.85. The van der Waals surface area contributed by atoms with Crippen molar-refractivity contribution < 1.29 is 4.39 Å². The Balaban J connectivity index is 2.60. The first-order valence-electron chi connectivity index (χ1n) is 7.39. The minimum absolute atomic E-state index is 0.129. The number of nitrogens with zero attached hydrogens (tertiary/aromatic N) is 1. The third kappa shape index (κ3) is 5.16. The van der Waals surface area contributed by atoms with Crippen LogP contribution in [-0.4, -0.2) is 4.98 Å². The quantitative estimate of drug-likeness (QED) is 0.531. The summed E-state index contributed by atoms with van der Waals surface area (Å²) in [5, 5.41) is 0. The zero-order chi connectivity index (χ0) is 13.2. The van der Waals surface area contributed by atoms with Crippen LogP contribution in [0.5, 0.6) is 0 Å². The number of pyridine rings is 1. The van der Waals surface area contributed by atoms with Crippen LogP contribution in [0, 0.1) is 5.82 Å². The first-order chi connectivity index (χ1) is 8.79. The summed E-state index contributed by atoms with van der Waals surface area (Å²) >= 11 is 0. The van der Waals surface area contributed by atoms with Crippen molar-refractivity contribution in [1.29, 1.82) is 0 Å². The van der Waals surface area contributed by atoms with Gasteiger partial charge in [0.05, 0.1) is 6.20 Å². The van der Waals surface area contributed by atoms with Crippen molar-refractivity contribution in [3.8, 4) is 0 Å². The van der Waals surface area contributed by atoms with Crippen LogP contribution in [0.2, 0.25) is 0 Å². The molecule has 0 saturated carbocycles. The molecule has 0 N–H and O–H groups in total. The smallest absolute Gasteiger partial charge is 0.144 e. The average molecular weight is 251 g/mol. The first kappa shape index (κ1) is 15.1. The lowest BCUT2D eigenvalue weighted by atomic mass is 9.89. The molecule has 0 spiro atoms. The highest BCUT2D eigenvalue weighted by molar-refractivity contribution is 5.17. The van der Waals surface area contributed by atoms with E-state index >= 15 is 0 Å². The Morgan fingerprint density at radius 3 is 2.17 bits per heavy atom. The molecule has 0 radical (unpaired) electrons. The lowest BCUT2D eigenvalue weighted by Gasteiger charge is -2.17. The predicted octanol–water partition coefficient (Wildman–Crippen LogP) is 5.46. The second-order valence-electron chi connectivity index (χ2n) is 5.09. The summed E-state index contributed by atoms with van der Waals surface area (Å²) in [6.45, 7) is 4.41. The van der Waals surface area contributed by atoms with Crippen LogP contribution in [0.25, 0.3) is 0 Å². The van der Waals surface area contributed by atoms with Gasteiger partial charge < -0.3 is 0 Å². The van der Waals surface area contributed by atoms with Crippen molar-refractivity contribution >= 4 is 0 Å². The molecule has 0 fully saturated rings. The van der Waals surface area contributed by atoms with Crippen LogP contribution in [0.3, 0.4) is 0 Å². The van der Waals surface area contributed by atoms with E-state index in [2.05, 4.69) is 18.8 Å². The van der Waals surface area contributed by atoms with Crippen molar-refractivity contribution in [3.05, 3.63) is 29.8 Å². The average Bonchev–Trinajstić information content (AvgIpc) is 2.38. The van der Waals surface area contributed by atoms with Gasteiger partial charge in [-0.3, -0.25) is 4.98 Å². The number of rotatable bonds is 9. The Morgan fingerprint density at radius 2 is 1.67 bits per heavy atom. The van der Waals surface area contributed by atoms with Gasteiger partial charge in [0.2, 0.25) is 0 Å². The maximum atomic E-state index is 13.8. The molecule has 0 bridgehead atoms. The van der Waals surface area contributed by atoms with Gasteiger partial charge in [-0.05, 0) is 30.4 Å². The Labute approximate surface area is 111 Å². The molecule has 1 nitrogen and oxygen atoms in total. The summed E-state index contributed by atoms with van der Waals surface area (Å²) in [6, 6.07) is 1.86. The standard InChI is InChI=1S/C16H26FN/c1-3-5-7-9-14(10-8-6-4-2)15-11-12-18-13-16(15)17/h11-14H,3-10H2,1-2H3. The molecule has 2 heteroatoms. The predicted molar refractivity (Wildman–Crippen MR) is 75.2 cm³/mol. The van der Waals surface area contributed by atoms with Gasteiger partial charge >= 0.3 is 0 Å². The van der Waals surface area contributed by atoms with Crippen molar-refractivity contribution in [2.75, 3.05) is 0 Å². The molecular weight excluding hydrogens is 225 g/mol. The van der Waals surface area contributed by atoms with E-state index in [-0.39, 0.29) is 5.82 Å². The van der Waals surface area contributed by atoms with Gasteiger partial charge in [0, 0.05) is 6.20 Å². The summed E-state index contributed by atoms with van der Waals surface area (Å²) in [5.41, 5.74) is 0.872. The molecule has 1 rings (SSSR count). The Morgan fingerprint density at radius 1 is 1.06 bits per heavy atom. The Kier molecular flexibility index (Phi) is 7.63. The van der Waals surface area contributed by atoms with E-state index in [1.165, 1.54) is 44.7 Å². The van der Waals surface area contributed by atoms with Crippen molar-refractivity contribution in [2.45, 2.75) is 71.1 Å². The van der Waals surface area contributed by atoms with Gasteiger partial charge in [-0.2, -0.15) is 0 Å². The second kappa shape index (κ2) is 9.07. The fourth-order valence-electron chi connectivity index (χ4n) is 2.45. The molecular formula is C16H26FN. The monoisotopic (exact) mass is 251 g/mol. The van der Waals surface area contributed by atoms with Gasteiger partial charge in [-0.25, -0.2) is 4.39 Å². The zero-order valence-corrected chi connectivity index (χ0v) is 11.8. The van der Waals surface area contributed by atoms with E-state index in [9.17, 15) is 4.39 Å². The molecule has 0 unspecified atom stereocenters. The first-order valence-corrected chi connectivity index (χ1v) is 7.39. The van der Waals surface area contributed by atoms with E-state index in [1.807, 2.05) is 6.07 Å². The minimum atomic E-state index is -0.129. The number of hydrogen-bond acceptors (Lipinski definition) is 1. The molecule has 0 aliphatic carbocycles. The lowest BCUT2D eigenvalue weighted by molar-refractivity contribution is 0.482. The summed E-state index contributed by atoms with van der Waals surface area (Å²) in [5.74, 6) is 0.251. The highest BCUT2D eigenvalue weighted by Crippen LogP contribution is 2.29. The highest BCUT2D eigenvalue weighted by atomic mass is 19.1. The number of hydrogen-bond donors (Lipinski definition) is 0.